The second kappa shape index (κ2) is 7.91. The van der Waals surface area contributed by atoms with Crippen LogP contribution in [0.2, 0.25) is 0 Å². The van der Waals surface area contributed by atoms with Crippen LogP contribution in [0.15, 0.2) is 45.1 Å². The van der Waals surface area contributed by atoms with E-state index in [0.29, 0.717) is 23.9 Å². The van der Waals surface area contributed by atoms with Gasteiger partial charge in [-0.1, -0.05) is 0 Å². The first-order chi connectivity index (χ1) is 16.0. The third kappa shape index (κ3) is 4.18. The Kier molecular flexibility index (Phi) is 5.24. The SMILES string of the molecule is Cn1cc(Cn2c(=O)c3cc(S(=O)(=O)NC4(C)CC4)ccc3n(CC3CCC(=O)N3)c2=O)cn1. The van der Waals surface area contributed by atoms with Crippen LogP contribution >= 0.6 is 0 Å². The van der Waals surface area contributed by atoms with Crippen LogP contribution in [0.3, 0.4) is 0 Å². The Labute approximate surface area is 195 Å². The van der Waals surface area contributed by atoms with Crippen molar-refractivity contribution in [2.24, 2.45) is 7.05 Å². The molecule has 2 aliphatic rings. The number of fused-ring (bicyclic) bond motifs is 1. The second-order valence-corrected chi connectivity index (χ2v) is 11.1. The fraction of sp³-hybridized carbons (Fsp3) is 0.455. The molecule has 11 nitrogen and oxygen atoms in total. The molecule has 5 rings (SSSR count). The van der Waals surface area contributed by atoms with E-state index >= 15 is 0 Å². The smallest absolute Gasteiger partial charge is 0.331 e. The maximum Gasteiger partial charge on any atom is 0.331 e. The van der Waals surface area contributed by atoms with Gasteiger partial charge in [0.05, 0.1) is 28.5 Å². The number of carbonyl (C=O) groups excluding carboxylic acids is 1. The molecule has 1 aromatic carbocycles. The zero-order valence-electron chi connectivity index (χ0n) is 18.9. The standard InChI is InChI=1S/C22H26N6O5S/c1-22(7-8-22)25-34(32,33)16-4-5-18-17(9-16)20(30)28(12-14-10-23-26(2)11-14)21(31)27(18)13-15-3-6-19(29)24-15/h4-5,9-11,15,25H,3,6-8,12-13H2,1-2H3,(H,24,29). The summed E-state index contributed by atoms with van der Waals surface area (Å²) in [5, 5.41) is 7.06. The summed E-state index contributed by atoms with van der Waals surface area (Å²) in [6.45, 7) is 2.00. The van der Waals surface area contributed by atoms with Crippen molar-refractivity contribution in [2.75, 3.05) is 0 Å². The Morgan fingerprint density at radius 2 is 1.97 bits per heavy atom. The summed E-state index contributed by atoms with van der Waals surface area (Å²) in [7, 11) is -2.11. The lowest BCUT2D eigenvalue weighted by atomic mass is 10.2. The molecule has 0 spiro atoms. The minimum atomic E-state index is -3.84. The molecule has 1 amide bonds. The largest absolute Gasteiger partial charge is 0.352 e. The molecule has 2 N–H and O–H groups in total. The predicted molar refractivity (Wildman–Crippen MR) is 124 cm³/mol. The number of nitrogens with zero attached hydrogens (tertiary/aromatic N) is 4. The summed E-state index contributed by atoms with van der Waals surface area (Å²) in [6, 6.07) is 3.98. The Morgan fingerprint density at radius 3 is 2.59 bits per heavy atom. The van der Waals surface area contributed by atoms with Gasteiger partial charge in [0.1, 0.15) is 0 Å². The molecule has 1 aliphatic carbocycles. The Balaban J connectivity index is 1.66. The van der Waals surface area contributed by atoms with Gasteiger partial charge in [0.15, 0.2) is 0 Å². The summed E-state index contributed by atoms with van der Waals surface area (Å²) in [4.78, 5) is 38.5. The fourth-order valence-corrected chi connectivity index (χ4v) is 5.82. The molecule has 0 bridgehead atoms. The molecule has 12 heteroatoms. The highest BCUT2D eigenvalue weighted by Crippen LogP contribution is 2.36. The van der Waals surface area contributed by atoms with E-state index < -0.39 is 26.8 Å². The van der Waals surface area contributed by atoms with E-state index in [1.807, 2.05) is 6.92 Å². The number of aromatic nitrogens is 4. The number of aryl methyl sites for hydroxylation is 1. The van der Waals surface area contributed by atoms with Crippen LogP contribution in [0, 0.1) is 0 Å². The average Bonchev–Trinajstić information content (AvgIpc) is 3.14. The third-order valence-electron chi connectivity index (χ3n) is 6.47. The molecule has 1 aliphatic heterocycles. The number of amides is 1. The molecule has 3 aromatic rings. The van der Waals surface area contributed by atoms with Crippen LogP contribution in [0.1, 0.15) is 38.2 Å². The number of rotatable bonds is 7. The quantitative estimate of drug-likeness (QED) is 0.484. The van der Waals surface area contributed by atoms with Crippen LogP contribution in [-0.2, 0) is 35.0 Å². The lowest BCUT2D eigenvalue weighted by Gasteiger charge is -2.18. The van der Waals surface area contributed by atoms with Crippen LogP contribution < -0.4 is 21.3 Å². The summed E-state index contributed by atoms with van der Waals surface area (Å²) in [5.41, 5.74) is -0.579. The van der Waals surface area contributed by atoms with E-state index in [1.165, 1.54) is 22.8 Å². The maximum atomic E-state index is 13.4. The number of hydrogen-bond acceptors (Lipinski definition) is 6. The van der Waals surface area contributed by atoms with Crippen LogP contribution in [-0.4, -0.2) is 44.8 Å². The van der Waals surface area contributed by atoms with Crippen molar-refractivity contribution in [1.29, 1.82) is 0 Å². The molecular weight excluding hydrogens is 460 g/mol. The summed E-state index contributed by atoms with van der Waals surface area (Å²) >= 11 is 0. The van der Waals surface area contributed by atoms with E-state index in [9.17, 15) is 22.8 Å². The van der Waals surface area contributed by atoms with Gasteiger partial charge < -0.3 is 5.32 Å². The monoisotopic (exact) mass is 486 g/mol. The van der Waals surface area contributed by atoms with Crippen LogP contribution in [0.5, 0.6) is 0 Å². The van der Waals surface area contributed by atoms with Crippen molar-refractivity contribution in [2.45, 2.75) is 62.2 Å². The minimum Gasteiger partial charge on any atom is -0.352 e. The topological polar surface area (TPSA) is 137 Å². The first kappa shape index (κ1) is 22.5. The molecule has 2 aromatic heterocycles. The molecule has 1 saturated carbocycles. The van der Waals surface area contributed by atoms with Gasteiger partial charge in [0.2, 0.25) is 15.9 Å². The number of benzene rings is 1. The van der Waals surface area contributed by atoms with E-state index in [2.05, 4.69) is 15.1 Å². The Hall–Kier alpha value is -3.25. The summed E-state index contributed by atoms with van der Waals surface area (Å²) in [6.07, 6.45) is 5.73. The molecule has 1 unspecified atom stereocenters. The van der Waals surface area contributed by atoms with E-state index in [1.54, 1.807) is 24.1 Å². The minimum absolute atomic E-state index is 0.00816. The lowest BCUT2D eigenvalue weighted by Crippen LogP contribution is -2.43. The normalized spacial score (nSPS) is 19.5. The number of hydrogen-bond donors (Lipinski definition) is 2. The van der Waals surface area contributed by atoms with Crippen LogP contribution in [0.4, 0.5) is 0 Å². The van der Waals surface area contributed by atoms with E-state index in [0.717, 1.165) is 17.4 Å². The maximum absolute atomic E-state index is 13.4. The summed E-state index contributed by atoms with van der Waals surface area (Å²) < 4.78 is 32.7. The second-order valence-electron chi connectivity index (χ2n) is 9.45. The zero-order chi connectivity index (χ0) is 24.3. The highest BCUT2D eigenvalue weighted by molar-refractivity contribution is 7.89. The molecule has 1 atom stereocenters. The van der Waals surface area contributed by atoms with Gasteiger partial charge in [-0.15, -0.1) is 0 Å². The Bertz CT molecular complexity index is 1530. The van der Waals surface area contributed by atoms with Crippen molar-refractivity contribution < 1.29 is 13.2 Å². The van der Waals surface area contributed by atoms with Gasteiger partial charge in [-0.05, 0) is 44.4 Å². The van der Waals surface area contributed by atoms with E-state index in [-0.39, 0.29) is 35.3 Å². The highest BCUT2D eigenvalue weighted by Gasteiger charge is 2.41. The Morgan fingerprint density at radius 1 is 1.21 bits per heavy atom. The number of carbonyl (C=O) groups is 1. The first-order valence-corrected chi connectivity index (χ1v) is 12.6. The lowest BCUT2D eigenvalue weighted by molar-refractivity contribution is -0.119. The van der Waals surface area contributed by atoms with Crippen molar-refractivity contribution in [3.8, 4) is 0 Å². The van der Waals surface area contributed by atoms with E-state index in [4.69, 9.17) is 0 Å². The first-order valence-electron chi connectivity index (χ1n) is 11.1. The zero-order valence-corrected chi connectivity index (χ0v) is 19.8. The fourth-order valence-electron chi connectivity index (χ4n) is 4.33. The number of nitrogens with one attached hydrogen (secondary N) is 2. The van der Waals surface area contributed by atoms with Gasteiger partial charge in [-0.25, -0.2) is 17.9 Å². The van der Waals surface area contributed by atoms with Gasteiger partial charge in [0.25, 0.3) is 5.56 Å². The van der Waals surface area contributed by atoms with Gasteiger partial charge in [0, 0.05) is 43.4 Å². The molecule has 0 radical (unpaired) electrons. The summed E-state index contributed by atoms with van der Waals surface area (Å²) in [5.74, 6) is -0.0842. The molecular formula is C22H26N6O5S. The third-order valence-corrected chi connectivity index (χ3v) is 8.11. The molecule has 2 fully saturated rings. The van der Waals surface area contributed by atoms with Crippen molar-refractivity contribution in [3.05, 3.63) is 57.0 Å². The van der Waals surface area contributed by atoms with Crippen molar-refractivity contribution in [3.63, 3.8) is 0 Å². The molecule has 180 valence electrons. The average molecular weight is 487 g/mol. The molecule has 3 heterocycles. The van der Waals surface area contributed by atoms with Crippen molar-refractivity contribution >= 4 is 26.8 Å². The van der Waals surface area contributed by atoms with Gasteiger partial charge in [-0.3, -0.25) is 23.4 Å². The predicted octanol–water partition coefficient (Wildman–Crippen LogP) is 0.0544. The van der Waals surface area contributed by atoms with Crippen LogP contribution in [0.25, 0.3) is 10.9 Å². The number of sulfonamides is 1. The van der Waals surface area contributed by atoms with Crippen molar-refractivity contribution in [1.82, 2.24) is 29.0 Å². The van der Waals surface area contributed by atoms with Gasteiger partial charge >= 0.3 is 5.69 Å². The highest BCUT2D eigenvalue weighted by atomic mass is 32.2. The molecule has 34 heavy (non-hydrogen) atoms. The molecule has 1 saturated heterocycles. The van der Waals surface area contributed by atoms with Gasteiger partial charge in [-0.2, -0.15) is 5.10 Å².